The third kappa shape index (κ3) is 3.17. The maximum atomic E-state index is 6.02. The standard InChI is InChI=1S/C11H12BrCl/c1-2-9(8-12)7-10-5-3-4-6-11(10)13/h3-7H,2,8H2,1H3. The first-order chi connectivity index (χ1) is 6.27. The van der Waals surface area contributed by atoms with Crippen LogP contribution in [0.2, 0.25) is 5.02 Å². The fourth-order valence-electron chi connectivity index (χ4n) is 1.05. The maximum Gasteiger partial charge on any atom is 0.0478 e. The van der Waals surface area contributed by atoms with Gasteiger partial charge in [-0.2, -0.15) is 0 Å². The fourth-order valence-corrected chi connectivity index (χ4v) is 1.80. The van der Waals surface area contributed by atoms with E-state index < -0.39 is 0 Å². The van der Waals surface area contributed by atoms with E-state index >= 15 is 0 Å². The van der Waals surface area contributed by atoms with Crippen molar-refractivity contribution in [3.63, 3.8) is 0 Å². The molecule has 0 aliphatic carbocycles. The van der Waals surface area contributed by atoms with Gasteiger partial charge in [-0.1, -0.05) is 64.3 Å². The monoisotopic (exact) mass is 258 g/mol. The van der Waals surface area contributed by atoms with Crippen LogP contribution in [0.1, 0.15) is 18.9 Å². The molecule has 0 bridgehead atoms. The molecule has 0 spiro atoms. The van der Waals surface area contributed by atoms with E-state index in [1.54, 1.807) is 0 Å². The lowest BCUT2D eigenvalue weighted by molar-refractivity contribution is 1.12. The summed E-state index contributed by atoms with van der Waals surface area (Å²) < 4.78 is 0. The fraction of sp³-hybridized carbons (Fsp3) is 0.273. The zero-order chi connectivity index (χ0) is 9.68. The largest absolute Gasteiger partial charge is 0.0880 e. The van der Waals surface area contributed by atoms with Gasteiger partial charge in [0.25, 0.3) is 0 Å². The molecule has 0 amide bonds. The van der Waals surface area contributed by atoms with Gasteiger partial charge in [-0.05, 0) is 18.1 Å². The second-order valence-electron chi connectivity index (χ2n) is 2.81. The van der Waals surface area contributed by atoms with E-state index in [2.05, 4.69) is 28.9 Å². The number of alkyl halides is 1. The first kappa shape index (κ1) is 10.8. The molecule has 0 fully saturated rings. The summed E-state index contributed by atoms with van der Waals surface area (Å²) in [4.78, 5) is 0. The van der Waals surface area contributed by atoms with Crippen LogP contribution < -0.4 is 0 Å². The van der Waals surface area contributed by atoms with Crippen molar-refractivity contribution in [2.24, 2.45) is 0 Å². The number of rotatable bonds is 3. The Kier molecular flexibility index (Phi) is 4.54. The second kappa shape index (κ2) is 5.46. The smallest absolute Gasteiger partial charge is 0.0478 e. The third-order valence-electron chi connectivity index (χ3n) is 1.89. The van der Waals surface area contributed by atoms with Crippen molar-refractivity contribution in [1.82, 2.24) is 0 Å². The molecular formula is C11H12BrCl. The van der Waals surface area contributed by atoms with Gasteiger partial charge in [-0.3, -0.25) is 0 Å². The number of halogens is 2. The lowest BCUT2D eigenvalue weighted by Gasteiger charge is -2.01. The highest BCUT2D eigenvalue weighted by Crippen LogP contribution is 2.19. The summed E-state index contributed by atoms with van der Waals surface area (Å²) in [6.07, 6.45) is 3.19. The van der Waals surface area contributed by atoms with Crippen molar-refractivity contribution >= 4 is 33.6 Å². The van der Waals surface area contributed by atoms with Crippen molar-refractivity contribution in [2.45, 2.75) is 13.3 Å². The van der Waals surface area contributed by atoms with Crippen LogP contribution in [0.4, 0.5) is 0 Å². The summed E-state index contributed by atoms with van der Waals surface area (Å²) in [7, 11) is 0. The van der Waals surface area contributed by atoms with Crippen LogP contribution in [0.3, 0.4) is 0 Å². The van der Waals surface area contributed by atoms with Crippen LogP contribution in [0.5, 0.6) is 0 Å². The summed E-state index contributed by atoms with van der Waals surface area (Å²) in [6, 6.07) is 7.88. The predicted molar refractivity (Wildman–Crippen MR) is 63.5 cm³/mol. The zero-order valence-electron chi connectivity index (χ0n) is 7.56. The van der Waals surface area contributed by atoms with Gasteiger partial charge in [-0.15, -0.1) is 0 Å². The molecular weight excluding hydrogens is 247 g/mol. The molecule has 0 N–H and O–H groups in total. The molecule has 0 aliphatic rings. The Morgan fingerprint density at radius 2 is 2.15 bits per heavy atom. The SMILES string of the molecule is CCC(=Cc1ccccc1Cl)CBr. The second-order valence-corrected chi connectivity index (χ2v) is 3.78. The molecule has 70 valence electrons. The van der Waals surface area contributed by atoms with Gasteiger partial charge in [0.2, 0.25) is 0 Å². The Bertz CT molecular complexity index is 299. The molecule has 0 radical (unpaired) electrons. The predicted octanol–water partition coefficient (Wildman–Crippen LogP) is 4.53. The molecule has 0 heterocycles. The van der Waals surface area contributed by atoms with Crippen LogP contribution >= 0.6 is 27.5 Å². The summed E-state index contributed by atoms with van der Waals surface area (Å²) in [6.45, 7) is 2.14. The van der Waals surface area contributed by atoms with Crippen LogP contribution in [-0.4, -0.2) is 5.33 Å². The molecule has 1 rings (SSSR count). The molecule has 0 aliphatic heterocycles. The number of benzene rings is 1. The third-order valence-corrected chi connectivity index (χ3v) is 2.96. The summed E-state index contributed by atoms with van der Waals surface area (Å²) in [5.74, 6) is 0. The van der Waals surface area contributed by atoms with Crippen LogP contribution in [0, 0.1) is 0 Å². The molecule has 0 nitrogen and oxygen atoms in total. The van der Waals surface area contributed by atoms with Gasteiger partial charge >= 0.3 is 0 Å². The van der Waals surface area contributed by atoms with Gasteiger partial charge in [0, 0.05) is 10.4 Å². The van der Waals surface area contributed by atoms with E-state index in [9.17, 15) is 0 Å². The summed E-state index contributed by atoms with van der Waals surface area (Å²) >= 11 is 9.47. The number of hydrogen-bond donors (Lipinski definition) is 0. The van der Waals surface area contributed by atoms with E-state index in [4.69, 9.17) is 11.6 Å². The van der Waals surface area contributed by atoms with E-state index in [-0.39, 0.29) is 0 Å². The normalized spacial score (nSPS) is 11.8. The van der Waals surface area contributed by atoms with Crippen molar-refractivity contribution in [2.75, 3.05) is 5.33 Å². The molecule has 0 atom stereocenters. The molecule has 1 aromatic rings. The van der Waals surface area contributed by atoms with Crippen molar-refractivity contribution in [3.05, 3.63) is 40.4 Å². The van der Waals surface area contributed by atoms with Crippen LogP contribution in [0.25, 0.3) is 6.08 Å². The van der Waals surface area contributed by atoms with Crippen LogP contribution in [-0.2, 0) is 0 Å². The minimum Gasteiger partial charge on any atom is -0.0880 e. The van der Waals surface area contributed by atoms with Gasteiger partial charge in [0.1, 0.15) is 0 Å². The Balaban J connectivity index is 2.95. The Morgan fingerprint density at radius 3 is 2.69 bits per heavy atom. The number of hydrogen-bond acceptors (Lipinski definition) is 0. The molecule has 13 heavy (non-hydrogen) atoms. The van der Waals surface area contributed by atoms with Gasteiger partial charge in [0.05, 0.1) is 0 Å². The molecule has 2 heteroatoms. The van der Waals surface area contributed by atoms with E-state index in [1.807, 2.05) is 24.3 Å². The van der Waals surface area contributed by atoms with E-state index in [0.717, 1.165) is 22.3 Å². The highest BCUT2D eigenvalue weighted by atomic mass is 79.9. The Morgan fingerprint density at radius 1 is 1.46 bits per heavy atom. The Labute approximate surface area is 92.7 Å². The topological polar surface area (TPSA) is 0 Å². The molecule has 0 saturated carbocycles. The first-order valence-electron chi connectivity index (χ1n) is 4.28. The summed E-state index contributed by atoms with van der Waals surface area (Å²) in [5.41, 5.74) is 2.45. The first-order valence-corrected chi connectivity index (χ1v) is 5.77. The summed E-state index contributed by atoms with van der Waals surface area (Å²) in [5, 5.41) is 1.73. The van der Waals surface area contributed by atoms with E-state index in [0.29, 0.717) is 0 Å². The quantitative estimate of drug-likeness (QED) is 0.700. The van der Waals surface area contributed by atoms with Gasteiger partial charge in [0.15, 0.2) is 0 Å². The minimum atomic E-state index is 0.814. The highest BCUT2D eigenvalue weighted by Gasteiger charge is 1.96. The van der Waals surface area contributed by atoms with Crippen molar-refractivity contribution in [1.29, 1.82) is 0 Å². The van der Waals surface area contributed by atoms with E-state index in [1.165, 1.54) is 5.57 Å². The zero-order valence-corrected chi connectivity index (χ0v) is 9.90. The lowest BCUT2D eigenvalue weighted by atomic mass is 10.1. The average Bonchev–Trinajstić information content (AvgIpc) is 2.17. The van der Waals surface area contributed by atoms with Crippen LogP contribution in [0.15, 0.2) is 29.8 Å². The minimum absolute atomic E-state index is 0.814. The van der Waals surface area contributed by atoms with Gasteiger partial charge in [-0.25, -0.2) is 0 Å². The average molecular weight is 260 g/mol. The number of allylic oxidation sites excluding steroid dienone is 1. The molecule has 1 aromatic carbocycles. The van der Waals surface area contributed by atoms with Gasteiger partial charge < -0.3 is 0 Å². The molecule has 0 aromatic heterocycles. The molecule has 0 unspecified atom stereocenters. The Hall–Kier alpha value is -0.270. The highest BCUT2D eigenvalue weighted by molar-refractivity contribution is 9.09. The van der Waals surface area contributed by atoms with Crippen molar-refractivity contribution in [3.8, 4) is 0 Å². The lowest BCUT2D eigenvalue weighted by Crippen LogP contribution is -1.82. The maximum absolute atomic E-state index is 6.02. The molecule has 0 saturated heterocycles. The van der Waals surface area contributed by atoms with Crippen molar-refractivity contribution < 1.29 is 0 Å².